The van der Waals surface area contributed by atoms with Crippen LogP contribution in [0.1, 0.15) is 51.4 Å². The maximum atomic E-state index is 10.6. The van der Waals surface area contributed by atoms with E-state index in [2.05, 4.69) is 6.08 Å². The molecule has 1 saturated carbocycles. The van der Waals surface area contributed by atoms with E-state index in [1.807, 2.05) is 6.08 Å². The van der Waals surface area contributed by atoms with Crippen molar-refractivity contribution < 1.29 is 24.5 Å². The number of hydrogen-bond acceptors (Lipinski definition) is 4. The number of rotatable bonds is 8. The molecule has 1 unspecified atom stereocenters. The lowest BCUT2D eigenvalue weighted by molar-refractivity contribution is -0.143. The van der Waals surface area contributed by atoms with Gasteiger partial charge in [0, 0.05) is 11.8 Å². The van der Waals surface area contributed by atoms with Gasteiger partial charge in [0.05, 0.1) is 24.9 Å². The van der Waals surface area contributed by atoms with Crippen LogP contribution in [0, 0.1) is 17.8 Å². The molecule has 0 aromatic heterocycles. The van der Waals surface area contributed by atoms with Gasteiger partial charge in [0.25, 0.3) is 0 Å². The first kappa shape index (κ1) is 17.9. The van der Waals surface area contributed by atoms with E-state index in [-0.39, 0.29) is 36.8 Å². The first-order valence-electron chi connectivity index (χ1n) is 9.45. The Labute approximate surface area is 144 Å². The summed E-state index contributed by atoms with van der Waals surface area (Å²) in [6.07, 6.45) is 13.4. The maximum Gasteiger partial charge on any atom is 0.329 e. The second-order valence-corrected chi connectivity index (χ2v) is 7.63. The third-order valence-electron chi connectivity index (χ3n) is 5.88. The van der Waals surface area contributed by atoms with Gasteiger partial charge in [-0.3, -0.25) is 0 Å². The van der Waals surface area contributed by atoms with Gasteiger partial charge in [-0.05, 0) is 25.2 Å². The molecule has 0 amide bonds. The standard InChI is InChI=1S/C19H30O5/c20-14(10-13-4-2-1-3-5-13)6-7-15-16(11-23-12-19(21)22)18-9-8-17(15)24-18/h6-7,13-18,20H,1-5,8-12H2,(H,21,22)/t14?,15-,16-,17-,18-/m1/s1. The number of aliphatic hydroxyl groups excluding tert-OH is 1. The quantitative estimate of drug-likeness (QED) is 0.666. The molecule has 0 aromatic carbocycles. The summed E-state index contributed by atoms with van der Waals surface area (Å²) in [5.74, 6) is 0.165. The molecule has 3 fully saturated rings. The van der Waals surface area contributed by atoms with Gasteiger partial charge >= 0.3 is 5.97 Å². The van der Waals surface area contributed by atoms with Crippen molar-refractivity contribution in [3.05, 3.63) is 12.2 Å². The number of aliphatic carboxylic acids is 1. The van der Waals surface area contributed by atoms with E-state index in [4.69, 9.17) is 14.6 Å². The zero-order chi connectivity index (χ0) is 16.9. The lowest BCUT2D eigenvalue weighted by Crippen LogP contribution is -2.30. The van der Waals surface area contributed by atoms with Crippen LogP contribution in [0.5, 0.6) is 0 Å². The van der Waals surface area contributed by atoms with E-state index in [1.54, 1.807) is 0 Å². The van der Waals surface area contributed by atoms with Crippen molar-refractivity contribution in [3.8, 4) is 0 Å². The predicted molar refractivity (Wildman–Crippen MR) is 89.7 cm³/mol. The highest BCUT2D eigenvalue weighted by molar-refractivity contribution is 5.67. The van der Waals surface area contributed by atoms with Crippen molar-refractivity contribution in [2.45, 2.75) is 69.7 Å². The van der Waals surface area contributed by atoms with E-state index in [0.29, 0.717) is 12.5 Å². The molecule has 2 aliphatic heterocycles. The first-order chi connectivity index (χ1) is 11.6. The Morgan fingerprint density at radius 3 is 2.67 bits per heavy atom. The van der Waals surface area contributed by atoms with Crippen molar-refractivity contribution in [2.75, 3.05) is 13.2 Å². The fourth-order valence-electron chi connectivity index (χ4n) is 4.68. The van der Waals surface area contributed by atoms with Gasteiger partial charge in [0.15, 0.2) is 0 Å². The van der Waals surface area contributed by atoms with Gasteiger partial charge in [-0.1, -0.05) is 44.3 Å². The van der Waals surface area contributed by atoms with Crippen LogP contribution in [0.2, 0.25) is 0 Å². The largest absolute Gasteiger partial charge is 0.480 e. The average molecular weight is 338 g/mol. The number of carbonyl (C=O) groups is 1. The molecule has 5 heteroatoms. The topological polar surface area (TPSA) is 76.0 Å². The Kier molecular flexibility index (Phi) is 6.31. The smallest absolute Gasteiger partial charge is 0.329 e. The van der Waals surface area contributed by atoms with Crippen LogP contribution < -0.4 is 0 Å². The lowest BCUT2D eigenvalue weighted by atomic mass is 9.79. The molecule has 5 atom stereocenters. The van der Waals surface area contributed by atoms with Crippen molar-refractivity contribution >= 4 is 5.97 Å². The molecule has 3 rings (SSSR count). The normalized spacial score (nSPS) is 34.9. The van der Waals surface area contributed by atoms with Crippen molar-refractivity contribution in [3.63, 3.8) is 0 Å². The highest BCUT2D eigenvalue weighted by atomic mass is 16.5. The predicted octanol–water partition coefficient (Wildman–Crippen LogP) is 2.77. The van der Waals surface area contributed by atoms with Gasteiger partial charge in [-0.2, -0.15) is 0 Å². The fraction of sp³-hybridized carbons (Fsp3) is 0.842. The molecule has 0 radical (unpaired) electrons. The minimum atomic E-state index is -0.936. The molecule has 1 aliphatic carbocycles. The van der Waals surface area contributed by atoms with Crippen LogP contribution in [0.4, 0.5) is 0 Å². The molecular formula is C19H30O5. The van der Waals surface area contributed by atoms with E-state index >= 15 is 0 Å². The van der Waals surface area contributed by atoms with Crippen molar-refractivity contribution in [2.24, 2.45) is 17.8 Å². The molecular weight excluding hydrogens is 308 g/mol. The molecule has 5 nitrogen and oxygen atoms in total. The SMILES string of the molecule is O=C(O)COC[C@@H]1[C@@H](C=CC(O)CC2CCCCC2)[C@H]2CC[C@H]1O2. The maximum absolute atomic E-state index is 10.6. The Morgan fingerprint density at radius 2 is 1.92 bits per heavy atom. The minimum absolute atomic E-state index is 0.175. The Hall–Kier alpha value is -0.910. The van der Waals surface area contributed by atoms with E-state index in [9.17, 15) is 9.90 Å². The number of carboxylic acids is 1. The highest BCUT2D eigenvalue weighted by Crippen LogP contribution is 2.44. The van der Waals surface area contributed by atoms with E-state index in [1.165, 1.54) is 32.1 Å². The number of fused-ring (bicyclic) bond motifs is 2. The zero-order valence-electron chi connectivity index (χ0n) is 14.3. The zero-order valence-corrected chi connectivity index (χ0v) is 14.3. The van der Waals surface area contributed by atoms with E-state index in [0.717, 1.165) is 19.3 Å². The van der Waals surface area contributed by atoms with Crippen LogP contribution in [0.3, 0.4) is 0 Å². The Balaban J connectivity index is 1.50. The Bertz CT molecular complexity index is 443. The molecule has 2 heterocycles. The second-order valence-electron chi connectivity index (χ2n) is 7.63. The minimum Gasteiger partial charge on any atom is -0.480 e. The molecule has 3 aliphatic rings. The average Bonchev–Trinajstić information content (AvgIpc) is 3.15. The number of hydrogen-bond donors (Lipinski definition) is 2. The fourth-order valence-corrected chi connectivity index (χ4v) is 4.68. The second kappa shape index (κ2) is 8.45. The number of carboxylic acid groups (broad SMARTS) is 1. The summed E-state index contributed by atoms with van der Waals surface area (Å²) in [7, 11) is 0. The first-order valence-corrected chi connectivity index (χ1v) is 9.45. The molecule has 0 aromatic rings. The molecule has 0 spiro atoms. The summed E-state index contributed by atoms with van der Waals surface area (Å²) < 4.78 is 11.3. The number of aliphatic hydroxyl groups is 1. The summed E-state index contributed by atoms with van der Waals surface area (Å²) in [5.41, 5.74) is 0. The van der Waals surface area contributed by atoms with Crippen molar-refractivity contribution in [1.82, 2.24) is 0 Å². The Morgan fingerprint density at radius 1 is 1.17 bits per heavy atom. The van der Waals surface area contributed by atoms with Crippen LogP contribution in [0.25, 0.3) is 0 Å². The van der Waals surface area contributed by atoms with E-state index < -0.39 is 5.97 Å². The van der Waals surface area contributed by atoms with Crippen LogP contribution >= 0.6 is 0 Å². The molecule has 2 N–H and O–H groups in total. The van der Waals surface area contributed by atoms with Crippen LogP contribution in [-0.4, -0.2) is 47.7 Å². The van der Waals surface area contributed by atoms with Gasteiger partial charge in [-0.25, -0.2) is 4.79 Å². The van der Waals surface area contributed by atoms with Crippen LogP contribution in [0.15, 0.2) is 12.2 Å². The molecule has 2 saturated heterocycles. The molecule has 136 valence electrons. The third-order valence-corrected chi connectivity index (χ3v) is 5.88. The summed E-state index contributed by atoms with van der Waals surface area (Å²) in [5, 5.41) is 19.0. The summed E-state index contributed by atoms with van der Waals surface area (Å²) in [4.78, 5) is 10.6. The summed E-state index contributed by atoms with van der Waals surface area (Å²) >= 11 is 0. The van der Waals surface area contributed by atoms with Gasteiger partial charge in [0.1, 0.15) is 6.61 Å². The molecule has 2 bridgehead atoms. The summed E-state index contributed by atoms with van der Waals surface area (Å²) in [6.45, 7) is 0.163. The summed E-state index contributed by atoms with van der Waals surface area (Å²) in [6, 6.07) is 0. The lowest BCUT2D eigenvalue weighted by Gasteiger charge is -2.26. The van der Waals surface area contributed by atoms with Gasteiger partial charge in [0.2, 0.25) is 0 Å². The van der Waals surface area contributed by atoms with Gasteiger partial charge < -0.3 is 19.7 Å². The van der Waals surface area contributed by atoms with Gasteiger partial charge in [-0.15, -0.1) is 0 Å². The molecule has 24 heavy (non-hydrogen) atoms. The third kappa shape index (κ3) is 4.58. The number of ether oxygens (including phenoxy) is 2. The monoisotopic (exact) mass is 338 g/mol. The van der Waals surface area contributed by atoms with Crippen LogP contribution in [-0.2, 0) is 14.3 Å². The highest BCUT2D eigenvalue weighted by Gasteiger charge is 2.47. The van der Waals surface area contributed by atoms with Crippen molar-refractivity contribution in [1.29, 1.82) is 0 Å².